The van der Waals surface area contributed by atoms with Gasteiger partial charge in [0.15, 0.2) is 17.5 Å². The van der Waals surface area contributed by atoms with Crippen molar-refractivity contribution >= 4 is 29.9 Å². The Hall–Kier alpha value is -2.36. The summed E-state index contributed by atoms with van der Waals surface area (Å²) in [5.41, 5.74) is 2.18. The van der Waals surface area contributed by atoms with Gasteiger partial charge in [0.05, 0.1) is 28.4 Å². The number of para-hydroxylation sites is 1. The fraction of sp³-hybridized carbons (Fsp3) is 0.435. The van der Waals surface area contributed by atoms with Crippen molar-refractivity contribution in [3.8, 4) is 23.0 Å². The number of methoxy groups -OCH3 is 4. The third-order valence-corrected chi connectivity index (χ3v) is 4.66. The van der Waals surface area contributed by atoms with Crippen molar-refractivity contribution in [3.05, 3.63) is 47.5 Å². The van der Waals surface area contributed by atoms with Gasteiger partial charge in [-0.25, -0.2) is 0 Å². The van der Waals surface area contributed by atoms with E-state index >= 15 is 0 Å². The number of rotatable bonds is 11. The van der Waals surface area contributed by atoms with Crippen molar-refractivity contribution in [2.24, 2.45) is 4.99 Å². The van der Waals surface area contributed by atoms with Crippen molar-refractivity contribution < 1.29 is 18.9 Å². The highest BCUT2D eigenvalue weighted by Gasteiger charge is 2.15. The molecule has 0 amide bonds. The lowest BCUT2D eigenvalue weighted by Crippen LogP contribution is -2.38. The van der Waals surface area contributed by atoms with Crippen LogP contribution in [0.2, 0.25) is 0 Å². The molecule has 0 fully saturated rings. The first-order valence-electron chi connectivity index (χ1n) is 10.1. The smallest absolute Gasteiger partial charge is 0.203 e. The molecule has 8 heteroatoms. The normalized spacial score (nSPS) is 10.7. The standard InChI is InChI=1S/C23H33N3O4.HI/c1-6-24-23(25-15-13-17-9-7-8-10-19(17)27-2)26-16-14-18-11-12-20(28-3)22(30-5)21(18)29-4;/h7-12H,6,13-16H2,1-5H3,(H2,24,25,26);1H. The molecule has 7 nitrogen and oxygen atoms in total. The maximum atomic E-state index is 5.56. The highest BCUT2D eigenvalue weighted by atomic mass is 127. The molecular weight excluding hydrogens is 509 g/mol. The first-order chi connectivity index (χ1) is 14.7. The minimum atomic E-state index is 0. The lowest BCUT2D eigenvalue weighted by atomic mass is 10.1. The zero-order valence-electron chi connectivity index (χ0n) is 19.0. The van der Waals surface area contributed by atoms with Crippen LogP contribution >= 0.6 is 24.0 Å². The topological polar surface area (TPSA) is 73.3 Å². The Labute approximate surface area is 202 Å². The highest BCUT2D eigenvalue weighted by molar-refractivity contribution is 14.0. The summed E-state index contributed by atoms with van der Waals surface area (Å²) in [6.07, 6.45) is 1.56. The summed E-state index contributed by atoms with van der Waals surface area (Å²) < 4.78 is 21.8. The summed E-state index contributed by atoms with van der Waals surface area (Å²) in [5.74, 6) is 3.63. The van der Waals surface area contributed by atoms with Gasteiger partial charge < -0.3 is 29.6 Å². The number of benzene rings is 2. The van der Waals surface area contributed by atoms with Crippen LogP contribution in [-0.2, 0) is 12.8 Å². The zero-order valence-corrected chi connectivity index (χ0v) is 21.3. The molecule has 0 radical (unpaired) electrons. The summed E-state index contributed by atoms with van der Waals surface area (Å²) in [6.45, 7) is 4.21. The highest BCUT2D eigenvalue weighted by Crippen LogP contribution is 2.39. The molecule has 0 aliphatic heterocycles. The number of halogens is 1. The summed E-state index contributed by atoms with van der Waals surface area (Å²) in [7, 11) is 6.55. The van der Waals surface area contributed by atoms with E-state index in [0.717, 1.165) is 42.2 Å². The Morgan fingerprint density at radius 2 is 1.48 bits per heavy atom. The molecular formula is C23H34IN3O4. The first-order valence-corrected chi connectivity index (χ1v) is 10.1. The predicted octanol–water partition coefficient (Wildman–Crippen LogP) is 3.68. The molecule has 2 aromatic carbocycles. The minimum absolute atomic E-state index is 0. The van der Waals surface area contributed by atoms with Gasteiger partial charge in [-0.1, -0.05) is 24.3 Å². The molecule has 0 heterocycles. The van der Waals surface area contributed by atoms with Gasteiger partial charge in [-0.05, 0) is 37.5 Å². The summed E-state index contributed by atoms with van der Waals surface area (Å²) >= 11 is 0. The van der Waals surface area contributed by atoms with Crippen LogP contribution in [0.3, 0.4) is 0 Å². The van der Waals surface area contributed by atoms with Gasteiger partial charge in [-0.3, -0.25) is 4.99 Å². The summed E-state index contributed by atoms with van der Waals surface area (Å²) in [4.78, 5) is 4.68. The van der Waals surface area contributed by atoms with E-state index in [1.165, 1.54) is 0 Å². The van der Waals surface area contributed by atoms with Crippen molar-refractivity contribution in [1.82, 2.24) is 10.6 Å². The van der Waals surface area contributed by atoms with Gasteiger partial charge in [0.25, 0.3) is 0 Å². The van der Waals surface area contributed by atoms with Crippen LogP contribution in [0.15, 0.2) is 41.4 Å². The average molecular weight is 543 g/mol. The molecule has 0 bridgehead atoms. The second-order valence-electron chi connectivity index (χ2n) is 6.49. The number of nitrogens with one attached hydrogen (secondary N) is 2. The van der Waals surface area contributed by atoms with E-state index in [4.69, 9.17) is 18.9 Å². The lowest BCUT2D eigenvalue weighted by molar-refractivity contribution is 0.322. The molecule has 0 aliphatic rings. The van der Waals surface area contributed by atoms with Gasteiger partial charge in [-0.15, -0.1) is 24.0 Å². The van der Waals surface area contributed by atoms with Gasteiger partial charge in [0, 0.05) is 25.2 Å². The van der Waals surface area contributed by atoms with Crippen molar-refractivity contribution in [2.45, 2.75) is 19.8 Å². The van der Waals surface area contributed by atoms with Crippen LogP contribution in [0.1, 0.15) is 18.1 Å². The fourth-order valence-electron chi connectivity index (χ4n) is 3.22. The van der Waals surface area contributed by atoms with Crippen LogP contribution < -0.4 is 29.6 Å². The summed E-state index contributed by atoms with van der Waals surface area (Å²) in [6, 6.07) is 11.9. The van der Waals surface area contributed by atoms with E-state index in [1.807, 2.05) is 30.3 Å². The Kier molecular flexibility index (Phi) is 12.6. The van der Waals surface area contributed by atoms with E-state index in [9.17, 15) is 0 Å². The number of hydrogen-bond donors (Lipinski definition) is 2. The first kappa shape index (κ1) is 26.7. The number of guanidine groups is 1. The Bertz CT molecular complexity index is 830. The van der Waals surface area contributed by atoms with Crippen LogP contribution in [0.5, 0.6) is 23.0 Å². The molecule has 0 atom stereocenters. The largest absolute Gasteiger partial charge is 0.496 e. The second kappa shape index (κ2) is 14.6. The number of hydrogen-bond acceptors (Lipinski definition) is 5. The van der Waals surface area contributed by atoms with E-state index < -0.39 is 0 Å². The molecule has 2 N–H and O–H groups in total. The minimum Gasteiger partial charge on any atom is -0.496 e. The Morgan fingerprint density at radius 3 is 2.13 bits per heavy atom. The lowest BCUT2D eigenvalue weighted by Gasteiger charge is -2.16. The molecule has 172 valence electrons. The van der Waals surface area contributed by atoms with Crippen LogP contribution in [0.25, 0.3) is 0 Å². The van der Waals surface area contributed by atoms with Crippen LogP contribution in [0.4, 0.5) is 0 Å². The monoisotopic (exact) mass is 543 g/mol. The van der Waals surface area contributed by atoms with E-state index in [0.29, 0.717) is 30.3 Å². The maximum Gasteiger partial charge on any atom is 0.203 e. The van der Waals surface area contributed by atoms with E-state index in [-0.39, 0.29) is 24.0 Å². The van der Waals surface area contributed by atoms with Crippen molar-refractivity contribution in [1.29, 1.82) is 0 Å². The van der Waals surface area contributed by atoms with Crippen LogP contribution in [0, 0.1) is 0 Å². The molecule has 2 rings (SSSR count). The Morgan fingerprint density at radius 1 is 0.774 bits per heavy atom. The van der Waals surface area contributed by atoms with Gasteiger partial charge >= 0.3 is 0 Å². The van der Waals surface area contributed by atoms with Crippen molar-refractivity contribution in [2.75, 3.05) is 48.1 Å². The van der Waals surface area contributed by atoms with Gasteiger partial charge in [-0.2, -0.15) is 0 Å². The molecule has 0 aromatic heterocycles. The number of ether oxygens (including phenoxy) is 4. The SMILES string of the molecule is CCNC(=NCCc1ccccc1OC)NCCc1ccc(OC)c(OC)c1OC.I. The zero-order chi connectivity index (χ0) is 21.8. The third kappa shape index (κ3) is 7.68. The molecule has 31 heavy (non-hydrogen) atoms. The Balaban J connectivity index is 0.00000480. The van der Waals surface area contributed by atoms with Crippen LogP contribution in [-0.4, -0.2) is 54.0 Å². The molecule has 0 spiro atoms. The average Bonchev–Trinajstić information content (AvgIpc) is 2.78. The predicted molar refractivity (Wildman–Crippen MR) is 136 cm³/mol. The molecule has 0 saturated carbocycles. The molecule has 0 aliphatic carbocycles. The van der Waals surface area contributed by atoms with E-state index in [1.54, 1.807) is 28.4 Å². The molecule has 0 unspecified atom stereocenters. The third-order valence-electron chi connectivity index (χ3n) is 4.66. The molecule has 0 saturated heterocycles. The summed E-state index contributed by atoms with van der Waals surface area (Å²) in [5, 5.41) is 6.67. The molecule has 2 aromatic rings. The van der Waals surface area contributed by atoms with E-state index in [2.05, 4.69) is 28.6 Å². The number of aliphatic imine (C=N–C) groups is 1. The van der Waals surface area contributed by atoms with Gasteiger partial charge in [0.2, 0.25) is 5.75 Å². The fourth-order valence-corrected chi connectivity index (χ4v) is 3.22. The second-order valence-corrected chi connectivity index (χ2v) is 6.49. The van der Waals surface area contributed by atoms with Crippen molar-refractivity contribution in [3.63, 3.8) is 0 Å². The maximum absolute atomic E-state index is 5.56. The quantitative estimate of drug-likeness (QED) is 0.256. The number of nitrogens with zero attached hydrogens (tertiary/aromatic N) is 1. The van der Waals surface area contributed by atoms with Gasteiger partial charge in [0.1, 0.15) is 5.75 Å².